The molecule has 0 saturated heterocycles. The average Bonchev–Trinajstić information content (AvgIpc) is 3.02. The maximum absolute atomic E-state index is 12.8. The molecule has 0 N–H and O–H groups in total. The Hall–Kier alpha value is -3.06. The number of allylic oxidation sites excluding steroid dienone is 3. The predicted molar refractivity (Wildman–Crippen MR) is 190 cm³/mol. The van der Waals surface area contributed by atoms with Gasteiger partial charge in [0.2, 0.25) is 0 Å². The minimum Gasteiger partial charge on any atom is -0.295 e. The van der Waals surface area contributed by atoms with Crippen LogP contribution in [0.1, 0.15) is 53.4 Å². The van der Waals surface area contributed by atoms with Gasteiger partial charge in [-0.1, -0.05) is 111 Å². The molecule has 4 aromatic rings. The van der Waals surface area contributed by atoms with Crippen LogP contribution < -0.4 is 15.9 Å². The van der Waals surface area contributed by atoms with Crippen molar-refractivity contribution in [3.8, 4) is 0 Å². The van der Waals surface area contributed by atoms with Gasteiger partial charge >= 0.3 is 0 Å². The first-order chi connectivity index (χ1) is 19.6. The van der Waals surface area contributed by atoms with Crippen molar-refractivity contribution in [1.82, 2.24) is 0 Å². The topological polar surface area (TPSA) is 17.1 Å². The van der Waals surface area contributed by atoms with Gasteiger partial charge in [0.15, 0.2) is 5.78 Å². The summed E-state index contributed by atoms with van der Waals surface area (Å²) >= 11 is 0. The third-order valence-corrected chi connectivity index (χ3v) is 11.7. The summed E-state index contributed by atoms with van der Waals surface area (Å²) in [6, 6.07) is 43.4. The van der Waals surface area contributed by atoms with Crippen molar-refractivity contribution in [2.75, 3.05) is 6.16 Å². The van der Waals surface area contributed by atoms with Crippen molar-refractivity contribution in [2.45, 2.75) is 52.9 Å². The third kappa shape index (κ3) is 9.77. The highest BCUT2D eigenvalue weighted by molar-refractivity contribution is 8.93. The Morgan fingerprint density at radius 1 is 0.683 bits per heavy atom. The SMILES string of the molecule is Br.C=C(C)/C(=C\C(=O)CCc1ccccc1)CCCC[P+](c1ccccc1)(c1ccccc1)c1ccccc1.CC.[HH]. The molecular formula is C38H47BrOP+. The van der Waals surface area contributed by atoms with Crippen molar-refractivity contribution in [3.63, 3.8) is 0 Å². The first kappa shape index (κ1) is 34.1. The van der Waals surface area contributed by atoms with Gasteiger partial charge in [0.05, 0.1) is 6.16 Å². The molecule has 0 unspecified atom stereocenters. The van der Waals surface area contributed by atoms with Crippen LogP contribution in [-0.2, 0) is 11.2 Å². The first-order valence-corrected chi connectivity index (χ1v) is 16.5. The van der Waals surface area contributed by atoms with Crippen LogP contribution in [0.3, 0.4) is 0 Å². The molecule has 0 aromatic heterocycles. The molecule has 0 saturated carbocycles. The average molecular weight is 631 g/mol. The van der Waals surface area contributed by atoms with E-state index in [4.69, 9.17) is 0 Å². The lowest BCUT2D eigenvalue weighted by Crippen LogP contribution is -2.33. The van der Waals surface area contributed by atoms with Gasteiger partial charge in [0.25, 0.3) is 0 Å². The van der Waals surface area contributed by atoms with Gasteiger partial charge < -0.3 is 0 Å². The Labute approximate surface area is 261 Å². The number of unbranched alkanes of at least 4 members (excludes halogenated alkanes) is 1. The largest absolute Gasteiger partial charge is 0.295 e. The summed E-state index contributed by atoms with van der Waals surface area (Å²) in [4.78, 5) is 12.8. The molecule has 0 aliphatic heterocycles. The van der Waals surface area contributed by atoms with E-state index >= 15 is 0 Å². The van der Waals surface area contributed by atoms with E-state index in [-0.39, 0.29) is 24.2 Å². The Bertz CT molecular complexity index is 1240. The number of carbonyl (C=O) groups is 1. The quantitative estimate of drug-likeness (QED) is 0.0622. The maximum atomic E-state index is 12.8. The molecule has 4 rings (SSSR count). The maximum Gasteiger partial charge on any atom is 0.156 e. The molecule has 1 nitrogen and oxygen atoms in total. The van der Waals surface area contributed by atoms with Crippen molar-refractivity contribution in [2.24, 2.45) is 0 Å². The third-order valence-electron chi connectivity index (χ3n) is 7.17. The van der Waals surface area contributed by atoms with E-state index in [1.165, 1.54) is 21.5 Å². The van der Waals surface area contributed by atoms with E-state index < -0.39 is 7.26 Å². The fourth-order valence-electron chi connectivity index (χ4n) is 5.13. The molecule has 0 aliphatic rings. The molecular weight excluding hydrogens is 583 g/mol. The highest BCUT2D eigenvalue weighted by Crippen LogP contribution is 2.56. The van der Waals surface area contributed by atoms with E-state index in [2.05, 4.69) is 110 Å². The predicted octanol–water partition coefficient (Wildman–Crippen LogP) is 9.71. The van der Waals surface area contributed by atoms with Crippen molar-refractivity contribution >= 4 is 45.9 Å². The Morgan fingerprint density at radius 3 is 1.51 bits per heavy atom. The van der Waals surface area contributed by atoms with Gasteiger partial charge in [0, 0.05) is 7.85 Å². The van der Waals surface area contributed by atoms with Crippen LogP contribution in [0.25, 0.3) is 0 Å². The van der Waals surface area contributed by atoms with Crippen LogP contribution in [0.15, 0.2) is 145 Å². The summed E-state index contributed by atoms with van der Waals surface area (Å²) in [7, 11) is -1.82. The second kappa shape index (κ2) is 18.4. The van der Waals surface area contributed by atoms with Crippen LogP contribution in [0.2, 0.25) is 0 Å². The number of aryl methyl sites for hydroxylation is 1. The summed E-state index contributed by atoms with van der Waals surface area (Å²) in [5.41, 5.74) is 3.29. The van der Waals surface area contributed by atoms with Gasteiger partial charge in [-0.15, -0.1) is 17.0 Å². The van der Waals surface area contributed by atoms with Gasteiger partial charge in [-0.05, 0) is 86.2 Å². The molecule has 0 atom stereocenters. The molecule has 0 amide bonds. The summed E-state index contributed by atoms with van der Waals surface area (Å²) in [5.74, 6) is 0.187. The van der Waals surface area contributed by atoms with Crippen molar-refractivity contribution in [3.05, 3.63) is 151 Å². The zero-order chi connectivity index (χ0) is 28.6. The van der Waals surface area contributed by atoms with E-state index in [0.717, 1.165) is 43.0 Å². The number of benzene rings is 4. The van der Waals surface area contributed by atoms with Crippen molar-refractivity contribution in [1.29, 1.82) is 0 Å². The molecule has 216 valence electrons. The lowest BCUT2D eigenvalue weighted by Gasteiger charge is -2.27. The lowest BCUT2D eigenvalue weighted by atomic mass is 9.99. The van der Waals surface area contributed by atoms with Crippen LogP contribution >= 0.6 is 24.2 Å². The highest BCUT2D eigenvalue weighted by atomic mass is 79.9. The molecule has 0 fully saturated rings. The summed E-state index contributed by atoms with van der Waals surface area (Å²) in [6.07, 6.45) is 7.23. The Kier molecular flexibility index (Phi) is 15.3. The Morgan fingerprint density at radius 2 is 1.10 bits per heavy atom. The normalized spacial score (nSPS) is 11.0. The molecule has 0 radical (unpaired) electrons. The summed E-state index contributed by atoms with van der Waals surface area (Å²) in [5, 5.41) is 4.26. The fourth-order valence-corrected chi connectivity index (χ4v) is 9.54. The monoisotopic (exact) mass is 629 g/mol. The van der Waals surface area contributed by atoms with Crippen LogP contribution in [0, 0.1) is 0 Å². The minimum atomic E-state index is -1.82. The summed E-state index contributed by atoms with van der Waals surface area (Å²) < 4.78 is 0. The number of carbonyl (C=O) groups excluding carboxylic acids is 1. The van der Waals surface area contributed by atoms with E-state index in [1.54, 1.807) is 0 Å². The molecule has 0 bridgehead atoms. The minimum absolute atomic E-state index is 0. The molecule has 41 heavy (non-hydrogen) atoms. The number of rotatable bonds is 13. The highest BCUT2D eigenvalue weighted by Gasteiger charge is 2.44. The fraction of sp³-hybridized carbons (Fsp3) is 0.237. The zero-order valence-corrected chi connectivity index (χ0v) is 27.4. The van der Waals surface area contributed by atoms with E-state index in [1.807, 2.05) is 45.0 Å². The van der Waals surface area contributed by atoms with Gasteiger partial charge in [-0.3, -0.25) is 4.79 Å². The Balaban J connectivity index is 0.00000216. The van der Waals surface area contributed by atoms with Gasteiger partial charge in [0.1, 0.15) is 23.2 Å². The molecule has 4 aromatic carbocycles. The van der Waals surface area contributed by atoms with Gasteiger partial charge in [-0.2, -0.15) is 0 Å². The second-order valence-electron chi connectivity index (χ2n) is 9.90. The zero-order valence-electron chi connectivity index (χ0n) is 24.8. The van der Waals surface area contributed by atoms with E-state index in [0.29, 0.717) is 6.42 Å². The first-order valence-electron chi connectivity index (χ1n) is 14.6. The standard InChI is InChI=1S/C36H38OP.C2H6.BrH.H2/c1-30(2)32(29-33(37)27-26-31-17-7-3-8-18-31)19-15-16-28-38(34-20-9-4-10-21-34,35-22-11-5-12-23-35)36-24-13-6-14-25-36;1-2;;/h3-14,17-18,20-25,29H,1,15-16,19,26-28H2,2H3;1-2H3;2*1H/q+1;;;/b32-29-;;;. The molecule has 0 aliphatic carbocycles. The molecule has 0 heterocycles. The number of hydrogen-bond donors (Lipinski definition) is 0. The van der Waals surface area contributed by atoms with Crippen LogP contribution in [0.4, 0.5) is 0 Å². The van der Waals surface area contributed by atoms with Gasteiger partial charge in [-0.25, -0.2) is 0 Å². The number of halogens is 1. The van der Waals surface area contributed by atoms with Crippen LogP contribution in [-0.4, -0.2) is 11.9 Å². The number of hydrogen-bond acceptors (Lipinski definition) is 1. The van der Waals surface area contributed by atoms with Crippen LogP contribution in [0.5, 0.6) is 0 Å². The van der Waals surface area contributed by atoms with Crippen molar-refractivity contribution < 1.29 is 6.22 Å². The summed E-state index contributed by atoms with van der Waals surface area (Å²) in [6.45, 7) is 10.2. The van der Waals surface area contributed by atoms with E-state index in [9.17, 15) is 4.79 Å². The molecule has 0 spiro atoms. The number of ketones is 1. The lowest BCUT2D eigenvalue weighted by molar-refractivity contribution is -0.114. The smallest absolute Gasteiger partial charge is 0.156 e. The molecule has 3 heteroatoms. The second-order valence-corrected chi connectivity index (χ2v) is 13.5.